The summed E-state index contributed by atoms with van der Waals surface area (Å²) in [5.41, 5.74) is 0.544. The Balaban J connectivity index is 2.28. The summed E-state index contributed by atoms with van der Waals surface area (Å²) < 4.78 is 0. The summed E-state index contributed by atoms with van der Waals surface area (Å²) in [7, 11) is 4.24. The highest BCUT2D eigenvalue weighted by Gasteiger charge is 2.12. The first kappa shape index (κ1) is 8.37. The zero-order chi connectivity index (χ0) is 7.40. The average molecular weight is 160 g/mol. The maximum Gasteiger partial charge on any atom is 0.107 e. The van der Waals surface area contributed by atoms with Crippen LogP contribution in [0.1, 0.15) is 12.8 Å². The van der Waals surface area contributed by atoms with Crippen LogP contribution in [-0.4, -0.2) is 36.8 Å². The van der Waals surface area contributed by atoms with Crippen LogP contribution in [0.2, 0.25) is 0 Å². The minimum atomic E-state index is 0.544. The molecule has 0 amide bonds. The average Bonchev–Trinajstić information content (AvgIpc) is 2.12. The van der Waals surface area contributed by atoms with E-state index in [1.165, 1.54) is 25.1 Å². The molecule has 0 radical (unpaired) electrons. The highest BCUT2D eigenvalue weighted by Crippen LogP contribution is 2.15. The van der Waals surface area contributed by atoms with E-state index in [1.54, 1.807) is 0 Å². The number of thioether (sulfide) groups is 1. The molecule has 0 spiro atoms. The van der Waals surface area contributed by atoms with Crippen molar-refractivity contribution >= 4 is 11.8 Å². The number of nitrogens with one attached hydrogen (secondary N) is 1. The lowest BCUT2D eigenvalue weighted by atomic mass is 10.3. The van der Waals surface area contributed by atoms with Crippen LogP contribution in [0.3, 0.4) is 0 Å². The van der Waals surface area contributed by atoms with Gasteiger partial charge < -0.3 is 0 Å². The van der Waals surface area contributed by atoms with Crippen LogP contribution < -0.4 is 5.32 Å². The lowest BCUT2D eigenvalue weighted by Gasteiger charge is -2.22. The normalized spacial score (nSPS) is 28.5. The zero-order valence-electron chi connectivity index (χ0n) is 6.76. The smallest absolute Gasteiger partial charge is 0.107 e. The monoisotopic (exact) mass is 160 g/mol. The fourth-order valence-electron chi connectivity index (χ4n) is 1.04. The Labute approximate surface area is 67.4 Å². The molecule has 1 aliphatic heterocycles. The molecule has 10 heavy (non-hydrogen) atoms. The number of rotatable bonds is 1. The quantitative estimate of drug-likeness (QED) is 0.615. The van der Waals surface area contributed by atoms with Crippen molar-refractivity contribution in [3.8, 4) is 0 Å². The predicted molar refractivity (Wildman–Crippen MR) is 47.2 cm³/mol. The van der Waals surface area contributed by atoms with Gasteiger partial charge in [-0.15, -0.1) is 11.8 Å². The fourth-order valence-corrected chi connectivity index (χ4v) is 2.17. The van der Waals surface area contributed by atoms with Crippen LogP contribution in [0.15, 0.2) is 0 Å². The van der Waals surface area contributed by atoms with Crippen LogP contribution in [-0.2, 0) is 0 Å². The third kappa shape index (κ3) is 2.48. The van der Waals surface area contributed by atoms with Crippen LogP contribution in [0.4, 0.5) is 0 Å². The van der Waals surface area contributed by atoms with Gasteiger partial charge in [-0.1, -0.05) is 0 Å². The molecule has 1 fully saturated rings. The van der Waals surface area contributed by atoms with Crippen LogP contribution in [0, 0.1) is 0 Å². The molecule has 0 aromatic rings. The molecule has 1 atom stereocenters. The first-order chi connectivity index (χ1) is 4.80. The maximum atomic E-state index is 3.47. The third-order valence-corrected chi connectivity index (χ3v) is 3.06. The lowest BCUT2D eigenvalue weighted by molar-refractivity contribution is 0.337. The summed E-state index contributed by atoms with van der Waals surface area (Å²) in [4.78, 5) is 2.23. The largest absolute Gasteiger partial charge is 0.293 e. The standard InChI is InChI=1S/C7H16N2S/c1-9(2)7-8-5-3-4-6-10-7/h7-8H,3-6H2,1-2H3. The van der Waals surface area contributed by atoms with Crippen molar-refractivity contribution in [2.75, 3.05) is 26.4 Å². The molecular formula is C7H16N2S. The zero-order valence-corrected chi connectivity index (χ0v) is 7.58. The maximum absolute atomic E-state index is 3.47. The van der Waals surface area contributed by atoms with Crippen LogP contribution in [0.25, 0.3) is 0 Å². The van der Waals surface area contributed by atoms with Gasteiger partial charge in [0.1, 0.15) is 5.50 Å². The molecule has 1 unspecified atom stereocenters. The van der Waals surface area contributed by atoms with Gasteiger partial charge in [0.15, 0.2) is 0 Å². The fraction of sp³-hybridized carbons (Fsp3) is 1.00. The molecule has 0 aromatic carbocycles. The van der Waals surface area contributed by atoms with Crippen molar-refractivity contribution in [1.82, 2.24) is 10.2 Å². The molecule has 2 nitrogen and oxygen atoms in total. The minimum absolute atomic E-state index is 0.544. The van der Waals surface area contributed by atoms with E-state index in [0.29, 0.717) is 5.50 Å². The lowest BCUT2D eigenvalue weighted by Crippen LogP contribution is -2.38. The van der Waals surface area contributed by atoms with E-state index in [9.17, 15) is 0 Å². The number of hydrogen-bond donors (Lipinski definition) is 1. The summed E-state index contributed by atoms with van der Waals surface area (Å²) in [6, 6.07) is 0. The Bertz CT molecular complexity index is 87.6. The SMILES string of the molecule is CN(C)C1NCCCCS1. The first-order valence-electron chi connectivity index (χ1n) is 3.82. The van der Waals surface area contributed by atoms with Gasteiger partial charge in [0, 0.05) is 0 Å². The summed E-state index contributed by atoms with van der Waals surface area (Å²) >= 11 is 2.01. The van der Waals surface area contributed by atoms with Crippen LogP contribution >= 0.6 is 11.8 Å². The molecule has 0 aromatic heterocycles. The van der Waals surface area contributed by atoms with Gasteiger partial charge in [-0.2, -0.15) is 0 Å². The van der Waals surface area contributed by atoms with E-state index < -0.39 is 0 Å². The van der Waals surface area contributed by atoms with Gasteiger partial charge >= 0.3 is 0 Å². The molecule has 1 N–H and O–H groups in total. The minimum Gasteiger partial charge on any atom is -0.293 e. The van der Waals surface area contributed by atoms with Gasteiger partial charge in [0.25, 0.3) is 0 Å². The second-order valence-electron chi connectivity index (χ2n) is 2.85. The Morgan fingerprint density at radius 1 is 1.40 bits per heavy atom. The second kappa shape index (κ2) is 4.21. The van der Waals surface area contributed by atoms with Gasteiger partial charge in [0.2, 0.25) is 0 Å². The molecule has 60 valence electrons. The van der Waals surface area contributed by atoms with Crippen molar-refractivity contribution in [2.45, 2.75) is 18.3 Å². The first-order valence-corrected chi connectivity index (χ1v) is 4.87. The summed E-state index contributed by atoms with van der Waals surface area (Å²) in [5, 5.41) is 3.47. The van der Waals surface area contributed by atoms with Gasteiger partial charge in [0.05, 0.1) is 0 Å². The van der Waals surface area contributed by atoms with Crippen molar-refractivity contribution < 1.29 is 0 Å². The molecule has 0 saturated carbocycles. The van der Waals surface area contributed by atoms with Crippen molar-refractivity contribution in [3.05, 3.63) is 0 Å². The van der Waals surface area contributed by atoms with Crippen LogP contribution in [0.5, 0.6) is 0 Å². The number of nitrogens with zero attached hydrogens (tertiary/aromatic N) is 1. The van der Waals surface area contributed by atoms with Gasteiger partial charge in [-0.25, -0.2) is 0 Å². The van der Waals surface area contributed by atoms with E-state index >= 15 is 0 Å². The number of hydrogen-bond acceptors (Lipinski definition) is 3. The van der Waals surface area contributed by atoms with E-state index in [2.05, 4.69) is 24.3 Å². The van der Waals surface area contributed by atoms with Crippen molar-refractivity contribution in [3.63, 3.8) is 0 Å². The van der Waals surface area contributed by atoms with Crippen molar-refractivity contribution in [2.24, 2.45) is 0 Å². The third-order valence-electron chi connectivity index (χ3n) is 1.63. The Morgan fingerprint density at radius 2 is 2.20 bits per heavy atom. The Hall–Kier alpha value is 0.270. The molecule has 1 rings (SSSR count). The summed E-state index contributed by atoms with van der Waals surface area (Å²) in [5.74, 6) is 1.30. The van der Waals surface area contributed by atoms with Gasteiger partial charge in [-0.3, -0.25) is 10.2 Å². The Morgan fingerprint density at radius 3 is 2.90 bits per heavy atom. The molecule has 3 heteroatoms. The molecule has 1 saturated heterocycles. The molecule has 0 bridgehead atoms. The van der Waals surface area contributed by atoms with E-state index in [0.717, 1.165) is 0 Å². The topological polar surface area (TPSA) is 15.3 Å². The highest BCUT2D eigenvalue weighted by molar-refractivity contribution is 7.99. The summed E-state index contributed by atoms with van der Waals surface area (Å²) in [6.07, 6.45) is 2.69. The van der Waals surface area contributed by atoms with E-state index in [4.69, 9.17) is 0 Å². The molecule has 1 aliphatic rings. The van der Waals surface area contributed by atoms with Crippen molar-refractivity contribution in [1.29, 1.82) is 0 Å². The molecule has 1 heterocycles. The predicted octanol–water partition coefficient (Wildman–Crippen LogP) is 0.948. The van der Waals surface area contributed by atoms with E-state index in [-0.39, 0.29) is 0 Å². The summed E-state index contributed by atoms with van der Waals surface area (Å²) in [6.45, 7) is 1.18. The second-order valence-corrected chi connectivity index (χ2v) is 4.04. The van der Waals surface area contributed by atoms with Gasteiger partial charge in [-0.05, 0) is 39.2 Å². The van der Waals surface area contributed by atoms with E-state index in [1.807, 2.05) is 11.8 Å². The molecule has 0 aliphatic carbocycles. The Kier molecular flexibility index (Phi) is 3.52. The highest BCUT2D eigenvalue weighted by atomic mass is 32.2. The molecular weight excluding hydrogens is 144 g/mol.